The van der Waals surface area contributed by atoms with Gasteiger partial charge in [0, 0.05) is 19.7 Å². The van der Waals surface area contributed by atoms with Gasteiger partial charge in [-0.05, 0) is 26.2 Å². The Morgan fingerprint density at radius 2 is 2.15 bits per heavy atom. The lowest BCUT2D eigenvalue weighted by Gasteiger charge is -2.31. The van der Waals surface area contributed by atoms with Crippen molar-refractivity contribution in [2.75, 3.05) is 25.4 Å². The maximum absolute atomic E-state index is 12.4. The first-order chi connectivity index (χ1) is 9.67. The van der Waals surface area contributed by atoms with Crippen molar-refractivity contribution < 1.29 is 9.53 Å². The predicted octanol–water partition coefficient (Wildman–Crippen LogP) is 1.59. The number of carbonyl (C=O) groups excluding carboxylic acids is 1. The highest BCUT2D eigenvalue weighted by Gasteiger charge is 2.27. The molecule has 1 aromatic rings. The van der Waals surface area contributed by atoms with E-state index in [1.807, 2.05) is 11.8 Å². The summed E-state index contributed by atoms with van der Waals surface area (Å²) in [5.41, 5.74) is 7.73. The molecule has 1 aliphatic heterocycles. The van der Waals surface area contributed by atoms with Crippen LogP contribution in [0.1, 0.15) is 49.3 Å². The molecule has 6 heteroatoms. The van der Waals surface area contributed by atoms with E-state index in [0.717, 1.165) is 38.0 Å². The lowest BCUT2D eigenvalue weighted by atomic mass is 10.1. The van der Waals surface area contributed by atoms with Crippen molar-refractivity contribution in [2.24, 2.45) is 0 Å². The van der Waals surface area contributed by atoms with Gasteiger partial charge >= 0.3 is 0 Å². The molecule has 0 aliphatic carbocycles. The topological polar surface area (TPSA) is 84.2 Å². The van der Waals surface area contributed by atoms with E-state index in [-0.39, 0.29) is 12.0 Å². The summed E-state index contributed by atoms with van der Waals surface area (Å²) in [6, 6.07) is 0. The zero-order valence-corrected chi connectivity index (χ0v) is 12.3. The van der Waals surface area contributed by atoms with Crippen molar-refractivity contribution in [1.29, 1.82) is 0 Å². The Balaban J connectivity index is 1.98. The summed E-state index contributed by atoms with van der Waals surface area (Å²) < 4.78 is 5.59. The molecule has 0 radical (unpaired) electrons. The SMILES string of the molecule is CCCc1[nH]nc(C(=O)N2CCC(OCC)CC2)c1N. The van der Waals surface area contributed by atoms with Crippen LogP contribution >= 0.6 is 0 Å². The molecule has 2 rings (SSSR count). The predicted molar refractivity (Wildman–Crippen MR) is 77.5 cm³/mol. The molecule has 6 nitrogen and oxygen atoms in total. The van der Waals surface area contributed by atoms with Crippen molar-refractivity contribution in [3.05, 3.63) is 11.4 Å². The molecule has 2 heterocycles. The quantitative estimate of drug-likeness (QED) is 0.857. The van der Waals surface area contributed by atoms with E-state index in [2.05, 4.69) is 17.1 Å². The first kappa shape index (κ1) is 14.8. The van der Waals surface area contributed by atoms with E-state index in [0.29, 0.717) is 24.5 Å². The third kappa shape index (κ3) is 3.12. The van der Waals surface area contributed by atoms with Gasteiger partial charge in [-0.1, -0.05) is 13.3 Å². The molecular weight excluding hydrogens is 256 g/mol. The van der Waals surface area contributed by atoms with E-state index in [4.69, 9.17) is 10.5 Å². The molecule has 1 saturated heterocycles. The number of aromatic nitrogens is 2. The number of nitrogens with one attached hydrogen (secondary N) is 1. The molecule has 0 spiro atoms. The molecule has 20 heavy (non-hydrogen) atoms. The zero-order chi connectivity index (χ0) is 14.5. The number of nitrogens with zero attached hydrogens (tertiary/aromatic N) is 2. The van der Waals surface area contributed by atoms with Crippen LogP contribution in [-0.4, -0.2) is 46.8 Å². The Hall–Kier alpha value is -1.56. The molecule has 0 atom stereocenters. The third-order valence-corrected chi connectivity index (χ3v) is 3.72. The van der Waals surface area contributed by atoms with Crippen LogP contribution in [0.3, 0.4) is 0 Å². The number of hydrogen-bond acceptors (Lipinski definition) is 4. The van der Waals surface area contributed by atoms with Crippen LogP contribution in [0.2, 0.25) is 0 Å². The summed E-state index contributed by atoms with van der Waals surface area (Å²) in [4.78, 5) is 14.2. The molecule has 0 unspecified atom stereocenters. The number of likely N-dealkylation sites (tertiary alicyclic amines) is 1. The van der Waals surface area contributed by atoms with Gasteiger partial charge in [-0.25, -0.2) is 0 Å². The van der Waals surface area contributed by atoms with Crippen molar-refractivity contribution >= 4 is 11.6 Å². The Bertz CT molecular complexity index is 450. The number of hydrogen-bond donors (Lipinski definition) is 2. The summed E-state index contributed by atoms with van der Waals surface area (Å²) >= 11 is 0. The van der Waals surface area contributed by atoms with Crippen LogP contribution in [-0.2, 0) is 11.2 Å². The molecule has 0 saturated carbocycles. The number of aryl methyl sites for hydroxylation is 1. The van der Waals surface area contributed by atoms with Gasteiger partial charge in [0.2, 0.25) is 0 Å². The Morgan fingerprint density at radius 1 is 1.45 bits per heavy atom. The fourth-order valence-corrected chi connectivity index (χ4v) is 2.60. The largest absolute Gasteiger partial charge is 0.395 e. The molecule has 0 aromatic carbocycles. The fourth-order valence-electron chi connectivity index (χ4n) is 2.60. The Labute approximate surface area is 119 Å². The second-order valence-corrected chi connectivity index (χ2v) is 5.16. The van der Waals surface area contributed by atoms with Gasteiger partial charge in [-0.3, -0.25) is 9.89 Å². The van der Waals surface area contributed by atoms with E-state index in [1.165, 1.54) is 0 Å². The highest BCUT2D eigenvalue weighted by molar-refractivity contribution is 5.97. The number of ether oxygens (including phenoxy) is 1. The van der Waals surface area contributed by atoms with Crippen molar-refractivity contribution in [3.8, 4) is 0 Å². The molecule has 1 fully saturated rings. The first-order valence-corrected chi connectivity index (χ1v) is 7.40. The van der Waals surface area contributed by atoms with Gasteiger partial charge < -0.3 is 15.4 Å². The van der Waals surface area contributed by atoms with E-state index in [9.17, 15) is 4.79 Å². The summed E-state index contributed by atoms with van der Waals surface area (Å²) in [5, 5.41) is 6.97. The lowest BCUT2D eigenvalue weighted by molar-refractivity contribution is 0.0144. The second kappa shape index (κ2) is 6.74. The maximum Gasteiger partial charge on any atom is 0.276 e. The van der Waals surface area contributed by atoms with Crippen molar-refractivity contribution in [1.82, 2.24) is 15.1 Å². The highest BCUT2D eigenvalue weighted by Crippen LogP contribution is 2.20. The number of nitrogen functional groups attached to an aromatic ring is 1. The van der Waals surface area contributed by atoms with Crippen LogP contribution in [0, 0.1) is 0 Å². The number of H-pyrrole nitrogens is 1. The number of nitrogens with two attached hydrogens (primary N) is 1. The molecule has 1 aliphatic rings. The average Bonchev–Trinajstić information content (AvgIpc) is 2.81. The summed E-state index contributed by atoms with van der Waals surface area (Å²) in [6.45, 7) is 6.21. The molecule has 3 N–H and O–H groups in total. The smallest absolute Gasteiger partial charge is 0.276 e. The number of rotatable bonds is 5. The van der Waals surface area contributed by atoms with Gasteiger partial charge in [0.1, 0.15) is 0 Å². The minimum absolute atomic E-state index is 0.0731. The molecule has 1 amide bonds. The van der Waals surface area contributed by atoms with Crippen LogP contribution in [0.5, 0.6) is 0 Å². The molecule has 0 bridgehead atoms. The van der Waals surface area contributed by atoms with Gasteiger partial charge in [0.05, 0.1) is 17.5 Å². The van der Waals surface area contributed by atoms with E-state index in [1.54, 1.807) is 0 Å². The molecular formula is C14H24N4O2. The average molecular weight is 280 g/mol. The van der Waals surface area contributed by atoms with Gasteiger partial charge in [0.15, 0.2) is 5.69 Å². The maximum atomic E-state index is 12.4. The number of aromatic amines is 1. The number of piperidine rings is 1. The lowest BCUT2D eigenvalue weighted by Crippen LogP contribution is -2.41. The van der Waals surface area contributed by atoms with Gasteiger partial charge in [0.25, 0.3) is 5.91 Å². The Kier molecular flexibility index (Phi) is 5.00. The second-order valence-electron chi connectivity index (χ2n) is 5.16. The monoisotopic (exact) mass is 280 g/mol. The number of carbonyl (C=O) groups is 1. The normalized spacial score (nSPS) is 16.6. The van der Waals surface area contributed by atoms with Crippen LogP contribution in [0.15, 0.2) is 0 Å². The fraction of sp³-hybridized carbons (Fsp3) is 0.714. The third-order valence-electron chi connectivity index (χ3n) is 3.72. The first-order valence-electron chi connectivity index (χ1n) is 7.40. The van der Waals surface area contributed by atoms with E-state index >= 15 is 0 Å². The highest BCUT2D eigenvalue weighted by atomic mass is 16.5. The van der Waals surface area contributed by atoms with Gasteiger partial charge in [-0.15, -0.1) is 0 Å². The van der Waals surface area contributed by atoms with Gasteiger partial charge in [-0.2, -0.15) is 5.10 Å². The molecule has 1 aromatic heterocycles. The van der Waals surface area contributed by atoms with Crippen molar-refractivity contribution in [3.63, 3.8) is 0 Å². The van der Waals surface area contributed by atoms with E-state index < -0.39 is 0 Å². The Morgan fingerprint density at radius 3 is 2.75 bits per heavy atom. The summed E-state index contributed by atoms with van der Waals surface area (Å²) in [5.74, 6) is -0.0731. The minimum Gasteiger partial charge on any atom is -0.395 e. The van der Waals surface area contributed by atoms with Crippen molar-refractivity contribution in [2.45, 2.75) is 45.6 Å². The number of amides is 1. The van der Waals surface area contributed by atoms with Crippen LogP contribution in [0.25, 0.3) is 0 Å². The van der Waals surface area contributed by atoms with Crippen LogP contribution < -0.4 is 5.73 Å². The molecule has 112 valence electrons. The zero-order valence-electron chi connectivity index (χ0n) is 12.3. The summed E-state index contributed by atoms with van der Waals surface area (Å²) in [7, 11) is 0. The van der Waals surface area contributed by atoms with Crippen LogP contribution in [0.4, 0.5) is 5.69 Å². The minimum atomic E-state index is -0.0731. The number of anilines is 1. The summed E-state index contributed by atoms with van der Waals surface area (Å²) in [6.07, 6.45) is 3.83. The standard InChI is InChI=1S/C14H24N4O2/c1-3-5-11-12(15)13(17-16-11)14(19)18-8-6-10(7-9-18)20-4-2/h10H,3-9,15H2,1-2H3,(H,16,17).